The highest BCUT2D eigenvalue weighted by Crippen LogP contribution is 2.19. The number of piperidine rings is 2. The summed E-state index contributed by atoms with van der Waals surface area (Å²) < 4.78 is 33.9. The molecule has 3 rings (SSSR count). The molecule has 0 aromatic heterocycles. The molecule has 0 N–H and O–H groups in total. The molecule has 2 fully saturated rings. The lowest BCUT2D eigenvalue weighted by Gasteiger charge is -2.37. The third-order valence-electron chi connectivity index (χ3n) is 7.48. The van der Waals surface area contributed by atoms with Crippen molar-refractivity contribution in [3.63, 3.8) is 0 Å². The van der Waals surface area contributed by atoms with Crippen LogP contribution in [0.5, 0.6) is 0 Å². The molecular formula is C27H49N2O3S3+. The van der Waals surface area contributed by atoms with Crippen molar-refractivity contribution in [3.8, 4) is 0 Å². The van der Waals surface area contributed by atoms with Crippen LogP contribution in [0.1, 0.15) is 56.9 Å². The Bertz CT molecular complexity index is 771. The van der Waals surface area contributed by atoms with Gasteiger partial charge in [0.05, 0.1) is 58.3 Å². The molecule has 0 amide bonds. The first-order valence-electron chi connectivity index (χ1n) is 13.5. The second-order valence-corrected chi connectivity index (χ2v) is 14.7. The number of unbranched alkanes of at least 4 members (excludes halogenated alkanes) is 1. The first kappa shape index (κ1) is 31.0. The Kier molecular flexibility index (Phi) is 14.0. The van der Waals surface area contributed by atoms with E-state index >= 15 is 0 Å². The molecule has 2 aliphatic rings. The van der Waals surface area contributed by atoms with Crippen molar-refractivity contribution in [2.75, 3.05) is 76.4 Å². The molecule has 0 spiro atoms. The van der Waals surface area contributed by atoms with E-state index in [4.69, 9.17) is 0 Å². The Morgan fingerprint density at radius 3 is 1.49 bits per heavy atom. The number of benzene rings is 1. The molecule has 0 radical (unpaired) electrons. The number of aryl methyl sites for hydroxylation is 1. The molecule has 8 heteroatoms. The number of quaternary nitrogens is 2. The average Bonchev–Trinajstić information content (AvgIpc) is 2.81. The Labute approximate surface area is 224 Å². The SMILES string of the molecule is C[N+]1(CCSCCCCSCC[N+]2(C)CCCCC2)CCCCC1.Cc1ccc(S(=O)(=O)[O-])cc1. The highest BCUT2D eigenvalue weighted by atomic mass is 32.2. The van der Waals surface area contributed by atoms with Crippen LogP contribution in [0, 0.1) is 6.92 Å². The Balaban J connectivity index is 0.000000328. The van der Waals surface area contributed by atoms with Gasteiger partial charge in [-0.05, 0) is 81.9 Å². The van der Waals surface area contributed by atoms with Gasteiger partial charge in [-0.2, -0.15) is 23.5 Å². The predicted molar refractivity (Wildman–Crippen MR) is 152 cm³/mol. The van der Waals surface area contributed by atoms with Crippen molar-refractivity contribution in [1.29, 1.82) is 0 Å². The summed E-state index contributed by atoms with van der Waals surface area (Å²) in [6.07, 6.45) is 11.6. The molecule has 5 nitrogen and oxygen atoms in total. The predicted octanol–water partition coefficient (Wildman–Crippen LogP) is 5.39. The van der Waals surface area contributed by atoms with Crippen LogP contribution in [0.4, 0.5) is 0 Å². The minimum atomic E-state index is -4.27. The molecular weight excluding hydrogens is 497 g/mol. The number of likely N-dealkylation sites (tertiary alicyclic amines) is 2. The molecule has 202 valence electrons. The molecule has 2 aliphatic heterocycles. The fourth-order valence-corrected chi connectivity index (χ4v) is 7.72. The topological polar surface area (TPSA) is 57.2 Å². The Morgan fingerprint density at radius 2 is 1.11 bits per heavy atom. The molecule has 0 saturated carbocycles. The highest BCUT2D eigenvalue weighted by molar-refractivity contribution is 7.99. The van der Waals surface area contributed by atoms with Gasteiger partial charge >= 0.3 is 0 Å². The fraction of sp³-hybridized carbons (Fsp3) is 0.778. The van der Waals surface area contributed by atoms with Gasteiger partial charge in [-0.3, -0.25) is 0 Å². The Morgan fingerprint density at radius 1 is 0.714 bits per heavy atom. The van der Waals surface area contributed by atoms with E-state index < -0.39 is 10.1 Å². The van der Waals surface area contributed by atoms with Crippen molar-refractivity contribution in [2.24, 2.45) is 0 Å². The van der Waals surface area contributed by atoms with Crippen molar-refractivity contribution < 1.29 is 21.9 Å². The van der Waals surface area contributed by atoms with Gasteiger partial charge in [0, 0.05) is 11.5 Å². The van der Waals surface area contributed by atoms with Gasteiger partial charge in [-0.15, -0.1) is 0 Å². The van der Waals surface area contributed by atoms with E-state index in [-0.39, 0.29) is 4.90 Å². The second kappa shape index (κ2) is 15.9. The summed E-state index contributed by atoms with van der Waals surface area (Å²) in [5, 5.41) is 0. The lowest BCUT2D eigenvalue weighted by Crippen LogP contribution is -2.49. The van der Waals surface area contributed by atoms with Crippen LogP contribution in [0.15, 0.2) is 29.2 Å². The summed E-state index contributed by atoms with van der Waals surface area (Å²) in [7, 11) is 0.678. The highest BCUT2D eigenvalue weighted by Gasteiger charge is 2.24. The molecule has 0 bridgehead atoms. The van der Waals surface area contributed by atoms with Gasteiger partial charge in [-0.1, -0.05) is 17.7 Å². The Hall–Kier alpha value is -0.250. The second-order valence-electron chi connectivity index (χ2n) is 10.9. The monoisotopic (exact) mass is 545 g/mol. The van der Waals surface area contributed by atoms with E-state index in [1.807, 2.05) is 6.92 Å². The lowest BCUT2D eigenvalue weighted by atomic mass is 10.1. The summed E-state index contributed by atoms with van der Waals surface area (Å²) in [6, 6.07) is 5.78. The number of hydrogen-bond donors (Lipinski definition) is 0. The van der Waals surface area contributed by atoms with Gasteiger partial charge < -0.3 is 13.5 Å². The molecule has 0 atom stereocenters. The molecule has 0 unspecified atom stereocenters. The molecule has 2 heterocycles. The minimum Gasteiger partial charge on any atom is -0.744 e. The number of thioether (sulfide) groups is 2. The van der Waals surface area contributed by atoms with Crippen LogP contribution in [0.25, 0.3) is 0 Å². The molecule has 1 aromatic carbocycles. The zero-order valence-corrected chi connectivity index (χ0v) is 24.8. The van der Waals surface area contributed by atoms with E-state index in [0.717, 1.165) is 5.56 Å². The van der Waals surface area contributed by atoms with E-state index in [1.54, 1.807) is 12.1 Å². The van der Waals surface area contributed by atoms with Gasteiger partial charge in [-0.25, -0.2) is 8.42 Å². The van der Waals surface area contributed by atoms with Gasteiger partial charge in [0.15, 0.2) is 0 Å². The standard InChI is InChI=1S/C20H42N2S2.C7H8O3S/c1-21(11-5-3-6-12-21)15-19-23-17-9-10-18-24-20-16-22(2)13-7-4-8-14-22;1-6-2-4-7(5-3-6)11(8,9)10/h3-20H2,1-2H3;2-5H,1H3,(H,8,9,10)/q+2;/p-1. The van der Waals surface area contributed by atoms with E-state index in [2.05, 4.69) is 37.6 Å². The zero-order valence-electron chi connectivity index (χ0n) is 22.4. The van der Waals surface area contributed by atoms with Crippen molar-refractivity contribution in [3.05, 3.63) is 29.8 Å². The summed E-state index contributed by atoms with van der Waals surface area (Å²) >= 11 is 4.41. The average molecular weight is 546 g/mol. The quantitative estimate of drug-likeness (QED) is 0.200. The lowest BCUT2D eigenvalue weighted by molar-refractivity contribution is -0.911. The van der Waals surface area contributed by atoms with E-state index in [9.17, 15) is 13.0 Å². The zero-order chi connectivity index (χ0) is 25.6. The normalized spacial score (nSPS) is 19.5. The van der Waals surface area contributed by atoms with Crippen molar-refractivity contribution in [2.45, 2.75) is 63.2 Å². The van der Waals surface area contributed by atoms with Crippen LogP contribution in [0.3, 0.4) is 0 Å². The van der Waals surface area contributed by atoms with Crippen molar-refractivity contribution in [1.82, 2.24) is 0 Å². The summed E-state index contributed by atoms with van der Waals surface area (Å²) in [6.45, 7) is 10.3. The molecule has 2 saturated heterocycles. The van der Waals surface area contributed by atoms with Gasteiger partial charge in [0.2, 0.25) is 0 Å². The first-order valence-corrected chi connectivity index (χ1v) is 17.2. The minimum absolute atomic E-state index is 0.178. The number of nitrogens with zero attached hydrogens (tertiary/aromatic N) is 2. The third-order valence-corrected chi connectivity index (χ3v) is 10.4. The van der Waals surface area contributed by atoms with Crippen molar-refractivity contribution >= 4 is 33.6 Å². The summed E-state index contributed by atoms with van der Waals surface area (Å²) in [4.78, 5) is -0.178. The number of hydrogen-bond acceptors (Lipinski definition) is 5. The molecule has 0 aliphatic carbocycles. The smallest absolute Gasteiger partial charge is 0.124 e. The largest absolute Gasteiger partial charge is 0.744 e. The molecule has 35 heavy (non-hydrogen) atoms. The van der Waals surface area contributed by atoms with Crippen LogP contribution >= 0.6 is 23.5 Å². The maximum Gasteiger partial charge on any atom is 0.124 e. The van der Waals surface area contributed by atoms with Gasteiger partial charge in [0.25, 0.3) is 0 Å². The first-order chi connectivity index (χ1) is 16.6. The maximum absolute atomic E-state index is 10.4. The fourth-order valence-electron chi connectivity index (χ4n) is 4.89. The number of rotatable bonds is 12. The van der Waals surface area contributed by atoms with Gasteiger partial charge in [0.1, 0.15) is 10.1 Å². The summed E-state index contributed by atoms with van der Waals surface area (Å²) in [5.74, 6) is 5.52. The van der Waals surface area contributed by atoms with Crippen LogP contribution < -0.4 is 0 Å². The third kappa shape index (κ3) is 13.2. The van der Waals surface area contributed by atoms with Crippen LogP contribution in [0.2, 0.25) is 0 Å². The maximum atomic E-state index is 10.4. The van der Waals surface area contributed by atoms with E-state index in [0.29, 0.717) is 0 Å². The van der Waals surface area contributed by atoms with E-state index in [1.165, 1.54) is 135 Å². The van der Waals surface area contributed by atoms with Crippen LogP contribution in [-0.2, 0) is 10.1 Å². The molecule has 1 aromatic rings. The van der Waals surface area contributed by atoms with Crippen LogP contribution in [-0.4, -0.2) is 98.3 Å². The summed E-state index contributed by atoms with van der Waals surface area (Å²) in [5.41, 5.74) is 0.928.